The molecule has 0 amide bonds. The number of piperidine rings is 2. The maximum Gasteiger partial charge on any atom is 0.0701 e. The van der Waals surface area contributed by atoms with Crippen LogP contribution < -0.4 is 5.32 Å². The Hall–Kier alpha value is -0.160. The zero-order valence-electron chi connectivity index (χ0n) is 10.7. The summed E-state index contributed by atoms with van der Waals surface area (Å²) in [7, 11) is 0. The summed E-state index contributed by atoms with van der Waals surface area (Å²) >= 11 is 0. The molecule has 2 N–H and O–H groups in total. The van der Waals surface area contributed by atoms with E-state index in [1.54, 1.807) is 0 Å². The third kappa shape index (κ3) is 4.54. The van der Waals surface area contributed by atoms with E-state index in [0.29, 0.717) is 12.7 Å². The largest absolute Gasteiger partial charge is 0.394 e. The van der Waals surface area contributed by atoms with Gasteiger partial charge >= 0.3 is 0 Å². The Labute approximate surface area is 104 Å². The Bertz CT molecular complexity index is 200. The van der Waals surface area contributed by atoms with Gasteiger partial charge in [0.15, 0.2) is 0 Å². The molecule has 0 aromatic rings. The van der Waals surface area contributed by atoms with Gasteiger partial charge in [-0.25, -0.2) is 0 Å². The minimum absolute atomic E-state index is 0.147. The first-order chi connectivity index (χ1) is 8.38. The molecule has 1 unspecified atom stereocenters. The van der Waals surface area contributed by atoms with Gasteiger partial charge in [0, 0.05) is 19.6 Å². The van der Waals surface area contributed by atoms with Crippen molar-refractivity contribution in [2.75, 3.05) is 45.9 Å². The molecule has 0 spiro atoms. The minimum atomic E-state index is 0.147. The summed E-state index contributed by atoms with van der Waals surface area (Å²) < 4.78 is 5.58. The van der Waals surface area contributed by atoms with E-state index >= 15 is 0 Å². The standard InChI is InChI=1S/C13H26N2O2/c16-8-9-17-13-3-6-15(7-4-13)11-12-2-1-5-14-10-12/h12-14,16H,1-11H2. The van der Waals surface area contributed by atoms with Gasteiger partial charge in [-0.2, -0.15) is 0 Å². The number of rotatable bonds is 5. The Morgan fingerprint density at radius 2 is 2.06 bits per heavy atom. The molecule has 100 valence electrons. The zero-order valence-corrected chi connectivity index (χ0v) is 10.7. The second kappa shape index (κ2) is 7.31. The molecule has 0 aromatic heterocycles. The number of aliphatic hydroxyl groups is 1. The van der Waals surface area contributed by atoms with E-state index in [1.165, 1.54) is 32.5 Å². The molecule has 17 heavy (non-hydrogen) atoms. The van der Waals surface area contributed by atoms with Crippen molar-refractivity contribution in [3.8, 4) is 0 Å². The minimum Gasteiger partial charge on any atom is -0.394 e. The lowest BCUT2D eigenvalue weighted by Gasteiger charge is -2.35. The first-order valence-electron chi connectivity index (χ1n) is 7.04. The molecule has 0 aliphatic carbocycles. The number of ether oxygens (including phenoxy) is 1. The molecule has 0 saturated carbocycles. The number of nitrogens with one attached hydrogen (secondary N) is 1. The van der Waals surface area contributed by atoms with Gasteiger partial charge in [-0.05, 0) is 44.7 Å². The Balaban J connectivity index is 1.61. The van der Waals surface area contributed by atoms with Gasteiger partial charge in [-0.1, -0.05) is 0 Å². The monoisotopic (exact) mass is 242 g/mol. The van der Waals surface area contributed by atoms with E-state index < -0.39 is 0 Å². The molecule has 2 saturated heterocycles. The lowest BCUT2D eigenvalue weighted by Crippen LogP contribution is -2.43. The maximum absolute atomic E-state index is 8.72. The molecule has 0 aromatic carbocycles. The van der Waals surface area contributed by atoms with Gasteiger partial charge in [0.25, 0.3) is 0 Å². The van der Waals surface area contributed by atoms with Gasteiger partial charge in [0.1, 0.15) is 0 Å². The second-order valence-corrected chi connectivity index (χ2v) is 5.31. The molecule has 0 bridgehead atoms. The SMILES string of the molecule is OCCOC1CCN(CC2CCCNC2)CC1. The molecule has 4 heteroatoms. The van der Waals surface area contributed by atoms with Crippen LogP contribution in [0.25, 0.3) is 0 Å². The summed E-state index contributed by atoms with van der Waals surface area (Å²) in [4.78, 5) is 2.58. The molecule has 1 atom stereocenters. The van der Waals surface area contributed by atoms with Crippen molar-refractivity contribution < 1.29 is 9.84 Å². The van der Waals surface area contributed by atoms with E-state index in [2.05, 4.69) is 10.2 Å². The smallest absolute Gasteiger partial charge is 0.0701 e. The predicted octanol–water partition coefficient (Wildman–Crippen LogP) is 0.459. The average Bonchev–Trinajstić information content (AvgIpc) is 2.39. The fraction of sp³-hybridized carbons (Fsp3) is 1.00. The second-order valence-electron chi connectivity index (χ2n) is 5.31. The van der Waals surface area contributed by atoms with Crippen LogP contribution in [0, 0.1) is 5.92 Å². The predicted molar refractivity (Wildman–Crippen MR) is 68.1 cm³/mol. The highest BCUT2D eigenvalue weighted by atomic mass is 16.5. The first-order valence-corrected chi connectivity index (χ1v) is 7.04. The normalized spacial score (nSPS) is 28.4. The lowest BCUT2D eigenvalue weighted by atomic mass is 9.97. The van der Waals surface area contributed by atoms with Crippen LogP contribution in [0.5, 0.6) is 0 Å². The van der Waals surface area contributed by atoms with E-state index in [1.807, 2.05) is 0 Å². The van der Waals surface area contributed by atoms with Crippen LogP contribution >= 0.6 is 0 Å². The Morgan fingerprint density at radius 1 is 1.24 bits per heavy atom. The molecule has 2 aliphatic heterocycles. The number of likely N-dealkylation sites (tertiary alicyclic amines) is 1. The zero-order chi connectivity index (χ0) is 11.9. The molecule has 2 heterocycles. The fourth-order valence-corrected chi connectivity index (χ4v) is 2.92. The summed E-state index contributed by atoms with van der Waals surface area (Å²) in [5.74, 6) is 0.846. The van der Waals surface area contributed by atoms with Gasteiger partial charge in [-0.3, -0.25) is 0 Å². The number of aliphatic hydroxyl groups excluding tert-OH is 1. The molecule has 2 fully saturated rings. The Morgan fingerprint density at radius 3 is 2.71 bits per heavy atom. The first kappa shape index (κ1) is 13.3. The van der Waals surface area contributed by atoms with Crippen LogP contribution in [0.15, 0.2) is 0 Å². The van der Waals surface area contributed by atoms with Crippen LogP contribution in [0.3, 0.4) is 0 Å². The lowest BCUT2D eigenvalue weighted by molar-refractivity contribution is -0.0104. The number of nitrogens with zero attached hydrogens (tertiary/aromatic N) is 1. The summed E-state index contributed by atoms with van der Waals surface area (Å²) in [6.07, 6.45) is 5.34. The van der Waals surface area contributed by atoms with Crippen molar-refractivity contribution in [1.29, 1.82) is 0 Å². The molecule has 2 rings (SSSR count). The van der Waals surface area contributed by atoms with Crippen molar-refractivity contribution in [2.24, 2.45) is 5.92 Å². The van der Waals surface area contributed by atoms with Crippen molar-refractivity contribution in [3.63, 3.8) is 0 Å². The topological polar surface area (TPSA) is 44.7 Å². The van der Waals surface area contributed by atoms with Gasteiger partial charge < -0.3 is 20.1 Å². The van der Waals surface area contributed by atoms with Crippen LogP contribution in [0.2, 0.25) is 0 Å². The fourth-order valence-electron chi connectivity index (χ4n) is 2.92. The van der Waals surface area contributed by atoms with Gasteiger partial charge in [0.05, 0.1) is 19.3 Å². The van der Waals surface area contributed by atoms with E-state index in [-0.39, 0.29) is 6.61 Å². The van der Waals surface area contributed by atoms with Crippen LogP contribution in [0.1, 0.15) is 25.7 Å². The van der Waals surface area contributed by atoms with Gasteiger partial charge in [-0.15, -0.1) is 0 Å². The van der Waals surface area contributed by atoms with Crippen LogP contribution in [-0.4, -0.2) is 62.0 Å². The Kier molecular flexibility index (Phi) is 5.71. The third-order valence-electron chi connectivity index (χ3n) is 3.89. The number of hydrogen-bond acceptors (Lipinski definition) is 4. The summed E-state index contributed by atoms with van der Waals surface area (Å²) in [5.41, 5.74) is 0. The van der Waals surface area contributed by atoms with Crippen molar-refractivity contribution in [3.05, 3.63) is 0 Å². The average molecular weight is 242 g/mol. The van der Waals surface area contributed by atoms with E-state index in [9.17, 15) is 0 Å². The quantitative estimate of drug-likeness (QED) is 0.735. The highest BCUT2D eigenvalue weighted by Crippen LogP contribution is 2.17. The highest BCUT2D eigenvalue weighted by molar-refractivity contribution is 4.77. The number of hydrogen-bond donors (Lipinski definition) is 2. The molecular formula is C13H26N2O2. The van der Waals surface area contributed by atoms with E-state index in [0.717, 1.165) is 31.8 Å². The summed E-state index contributed by atoms with van der Waals surface area (Å²) in [6.45, 7) is 6.61. The maximum atomic E-state index is 8.72. The third-order valence-corrected chi connectivity index (χ3v) is 3.89. The summed E-state index contributed by atoms with van der Waals surface area (Å²) in [5, 5.41) is 12.2. The molecule has 4 nitrogen and oxygen atoms in total. The summed E-state index contributed by atoms with van der Waals surface area (Å²) in [6, 6.07) is 0. The molecule has 2 aliphatic rings. The van der Waals surface area contributed by atoms with Crippen molar-refractivity contribution in [1.82, 2.24) is 10.2 Å². The molecule has 0 radical (unpaired) electrons. The van der Waals surface area contributed by atoms with E-state index in [4.69, 9.17) is 9.84 Å². The van der Waals surface area contributed by atoms with Crippen LogP contribution in [0.4, 0.5) is 0 Å². The molecular weight excluding hydrogens is 216 g/mol. The van der Waals surface area contributed by atoms with Crippen LogP contribution in [-0.2, 0) is 4.74 Å². The van der Waals surface area contributed by atoms with Crippen molar-refractivity contribution in [2.45, 2.75) is 31.8 Å². The van der Waals surface area contributed by atoms with Crippen molar-refractivity contribution >= 4 is 0 Å². The van der Waals surface area contributed by atoms with Gasteiger partial charge in [0.2, 0.25) is 0 Å². The highest BCUT2D eigenvalue weighted by Gasteiger charge is 2.22.